The van der Waals surface area contributed by atoms with Crippen molar-refractivity contribution in [2.24, 2.45) is 0 Å². The van der Waals surface area contributed by atoms with E-state index < -0.39 is 10.0 Å². The molecule has 1 aromatic heterocycles. The Morgan fingerprint density at radius 1 is 1.07 bits per heavy atom. The van der Waals surface area contributed by atoms with Crippen molar-refractivity contribution in [2.45, 2.75) is 17.4 Å². The molecule has 0 saturated heterocycles. The Bertz CT molecular complexity index is 1040. The van der Waals surface area contributed by atoms with Gasteiger partial charge in [-0.25, -0.2) is 8.42 Å². The summed E-state index contributed by atoms with van der Waals surface area (Å²) >= 11 is 7.61. The molecule has 2 aromatic carbocycles. The van der Waals surface area contributed by atoms with Crippen LogP contribution in [0.25, 0.3) is 0 Å². The fourth-order valence-electron chi connectivity index (χ4n) is 3.43. The molecule has 0 aliphatic carbocycles. The third-order valence-electron chi connectivity index (χ3n) is 4.77. The van der Waals surface area contributed by atoms with Crippen LogP contribution in [-0.2, 0) is 16.4 Å². The molecule has 1 atom stereocenters. The van der Waals surface area contributed by atoms with Gasteiger partial charge in [0.25, 0.3) is 0 Å². The zero-order chi connectivity index (χ0) is 19.0. The number of methoxy groups -OCH3 is 1. The van der Waals surface area contributed by atoms with Gasteiger partial charge in [-0.05, 0) is 65.4 Å². The summed E-state index contributed by atoms with van der Waals surface area (Å²) in [5.41, 5.74) is 1.97. The summed E-state index contributed by atoms with van der Waals surface area (Å²) in [5.74, 6) is 0.743. The Balaban J connectivity index is 1.81. The quantitative estimate of drug-likeness (QED) is 0.613. The van der Waals surface area contributed by atoms with E-state index in [0.717, 1.165) is 16.9 Å². The maximum absolute atomic E-state index is 13.4. The van der Waals surface area contributed by atoms with Crippen molar-refractivity contribution in [1.29, 1.82) is 0 Å². The van der Waals surface area contributed by atoms with Crippen LogP contribution in [-0.4, -0.2) is 26.4 Å². The third kappa shape index (κ3) is 3.38. The summed E-state index contributed by atoms with van der Waals surface area (Å²) in [6.45, 7) is 0.440. The summed E-state index contributed by atoms with van der Waals surface area (Å²) in [4.78, 5) is 1.49. The lowest BCUT2D eigenvalue weighted by molar-refractivity contribution is 0.346. The average molecular weight is 420 g/mol. The number of nitrogens with zero attached hydrogens (tertiary/aromatic N) is 1. The molecule has 0 saturated carbocycles. The van der Waals surface area contributed by atoms with Gasteiger partial charge in [0.1, 0.15) is 5.75 Å². The lowest BCUT2D eigenvalue weighted by Gasteiger charge is -2.35. The number of ether oxygens (including phenoxy) is 1. The van der Waals surface area contributed by atoms with Crippen LogP contribution in [0, 0.1) is 0 Å². The molecule has 4 nitrogen and oxygen atoms in total. The Kier molecular flexibility index (Phi) is 4.99. The van der Waals surface area contributed by atoms with Crippen LogP contribution in [0.5, 0.6) is 5.75 Å². The second-order valence-electron chi connectivity index (χ2n) is 6.29. The van der Waals surface area contributed by atoms with Crippen LogP contribution in [0.15, 0.2) is 64.9 Å². The van der Waals surface area contributed by atoms with E-state index in [-0.39, 0.29) is 10.9 Å². The molecule has 0 unspecified atom stereocenters. The van der Waals surface area contributed by atoms with Crippen LogP contribution in [0.2, 0.25) is 5.02 Å². The maximum Gasteiger partial charge on any atom is 0.243 e. The molecular weight excluding hydrogens is 402 g/mol. The molecular formula is C20H18ClNO3S2. The van der Waals surface area contributed by atoms with Crippen LogP contribution in [0.3, 0.4) is 0 Å². The molecule has 0 amide bonds. The second-order valence-corrected chi connectivity index (χ2v) is 9.62. The first-order valence-electron chi connectivity index (χ1n) is 8.48. The largest absolute Gasteiger partial charge is 0.497 e. The van der Waals surface area contributed by atoms with Crippen molar-refractivity contribution in [2.75, 3.05) is 13.7 Å². The van der Waals surface area contributed by atoms with Gasteiger partial charge in [-0.15, -0.1) is 11.3 Å². The van der Waals surface area contributed by atoms with Gasteiger partial charge in [-0.2, -0.15) is 4.31 Å². The summed E-state index contributed by atoms with van der Waals surface area (Å²) in [7, 11) is -2.05. The van der Waals surface area contributed by atoms with Gasteiger partial charge in [-0.3, -0.25) is 0 Å². The van der Waals surface area contributed by atoms with Gasteiger partial charge in [0, 0.05) is 16.4 Å². The van der Waals surface area contributed by atoms with Crippen molar-refractivity contribution in [3.8, 4) is 5.75 Å². The molecule has 4 rings (SSSR count). The van der Waals surface area contributed by atoms with Gasteiger partial charge >= 0.3 is 0 Å². The Labute approximate surface area is 168 Å². The first-order valence-corrected chi connectivity index (χ1v) is 11.2. The summed E-state index contributed by atoms with van der Waals surface area (Å²) in [5, 5.41) is 2.54. The van der Waals surface area contributed by atoms with Crippen LogP contribution >= 0.6 is 22.9 Å². The molecule has 0 fully saturated rings. The summed E-state index contributed by atoms with van der Waals surface area (Å²) < 4.78 is 33.6. The number of fused-ring (bicyclic) bond motifs is 1. The van der Waals surface area contributed by atoms with Crippen LogP contribution in [0.1, 0.15) is 22.0 Å². The fraction of sp³-hybridized carbons (Fsp3) is 0.200. The molecule has 7 heteroatoms. The van der Waals surface area contributed by atoms with Gasteiger partial charge < -0.3 is 4.74 Å². The fourth-order valence-corrected chi connectivity index (χ4v) is 6.05. The predicted octanol–water partition coefficient (Wildman–Crippen LogP) is 4.75. The van der Waals surface area contributed by atoms with E-state index in [4.69, 9.17) is 16.3 Å². The van der Waals surface area contributed by atoms with E-state index in [1.165, 1.54) is 4.88 Å². The minimum absolute atomic E-state index is 0.254. The molecule has 3 aromatic rings. The van der Waals surface area contributed by atoms with Crippen molar-refractivity contribution in [3.05, 3.63) is 81.0 Å². The summed E-state index contributed by atoms with van der Waals surface area (Å²) in [6, 6.07) is 15.6. The Morgan fingerprint density at radius 2 is 1.78 bits per heavy atom. The topological polar surface area (TPSA) is 46.6 Å². The summed E-state index contributed by atoms with van der Waals surface area (Å²) in [6.07, 6.45) is 0.715. The zero-order valence-corrected chi connectivity index (χ0v) is 17.0. The SMILES string of the molecule is COc1ccc([C@@H]2c3ccsc3CCN2S(=O)(=O)c2ccc(Cl)cc2)cc1. The predicted molar refractivity (Wildman–Crippen MR) is 108 cm³/mol. The monoisotopic (exact) mass is 419 g/mol. The number of thiophene rings is 1. The Morgan fingerprint density at radius 3 is 2.44 bits per heavy atom. The lowest BCUT2D eigenvalue weighted by Crippen LogP contribution is -2.40. The van der Waals surface area contributed by atoms with E-state index in [1.807, 2.05) is 35.7 Å². The van der Waals surface area contributed by atoms with E-state index in [1.54, 1.807) is 47.0 Å². The first-order chi connectivity index (χ1) is 13.0. The number of halogens is 1. The van der Waals surface area contributed by atoms with Crippen LogP contribution < -0.4 is 4.74 Å². The van der Waals surface area contributed by atoms with Crippen molar-refractivity contribution in [3.63, 3.8) is 0 Å². The minimum Gasteiger partial charge on any atom is -0.497 e. The highest BCUT2D eigenvalue weighted by molar-refractivity contribution is 7.89. The highest BCUT2D eigenvalue weighted by atomic mass is 35.5. The van der Waals surface area contributed by atoms with Gasteiger partial charge in [0.2, 0.25) is 10.0 Å². The smallest absolute Gasteiger partial charge is 0.243 e. The number of hydrogen-bond acceptors (Lipinski definition) is 4. The molecule has 0 N–H and O–H groups in total. The van der Waals surface area contributed by atoms with E-state index in [2.05, 4.69) is 0 Å². The third-order valence-corrected chi connectivity index (χ3v) is 7.90. The van der Waals surface area contributed by atoms with Gasteiger partial charge in [0.05, 0.1) is 18.0 Å². The number of rotatable bonds is 4. The molecule has 0 bridgehead atoms. The molecule has 1 aliphatic rings. The van der Waals surface area contributed by atoms with E-state index in [0.29, 0.717) is 18.0 Å². The van der Waals surface area contributed by atoms with Crippen LogP contribution in [0.4, 0.5) is 0 Å². The Hall–Kier alpha value is -1.86. The van der Waals surface area contributed by atoms with Crippen molar-refractivity contribution in [1.82, 2.24) is 4.31 Å². The van der Waals surface area contributed by atoms with Gasteiger partial charge in [0.15, 0.2) is 0 Å². The molecule has 140 valence electrons. The molecule has 2 heterocycles. The first kappa shape index (κ1) is 18.5. The molecule has 0 radical (unpaired) electrons. The maximum atomic E-state index is 13.4. The van der Waals surface area contributed by atoms with E-state index >= 15 is 0 Å². The lowest BCUT2D eigenvalue weighted by atomic mass is 9.95. The second kappa shape index (κ2) is 7.28. The molecule has 0 spiro atoms. The highest BCUT2D eigenvalue weighted by Crippen LogP contribution is 2.41. The standard InChI is InChI=1S/C20H18ClNO3S2/c1-25-16-6-2-14(3-7-16)20-18-11-13-26-19(18)10-12-22(20)27(23,24)17-8-4-15(21)5-9-17/h2-9,11,13,20H,10,12H2,1H3/t20-/m1/s1. The van der Waals surface area contributed by atoms with Gasteiger partial charge in [-0.1, -0.05) is 23.7 Å². The number of benzene rings is 2. The number of hydrogen-bond donors (Lipinski definition) is 0. The molecule has 1 aliphatic heterocycles. The van der Waals surface area contributed by atoms with E-state index in [9.17, 15) is 8.42 Å². The average Bonchev–Trinajstić information content (AvgIpc) is 3.16. The van der Waals surface area contributed by atoms with Crippen molar-refractivity contribution >= 4 is 33.0 Å². The number of sulfonamides is 1. The minimum atomic E-state index is -3.66. The highest BCUT2D eigenvalue weighted by Gasteiger charge is 2.37. The zero-order valence-electron chi connectivity index (χ0n) is 14.6. The van der Waals surface area contributed by atoms with Crippen molar-refractivity contribution < 1.29 is 13.2 Å². The normalized spacial score (nSPS) is 17.5. The molecule has 27 heavy (non-hydrogen) atoms.